The van der Waals surface area contributed by atoms with Crippen molar-refractivity contribution < 1.29 is 23.8 Å². The van der Waals surface area contributed by atoms with E-state index in [1.807, 2.05) is 79.7 Å². The molecular weight excluding hydrogens is 528 g/mol. The van der Waals surface area contributed by atoms with Gasteiger partial charge in [0, 0.05) is 5.56 Å². The van der Waals surface area contributed by atoms with E-state index in [2.05, 4.69) is 10.5 Å². The first-order valence-electron chi connectivity index (χ1n) is 13.5. The minimum absolute atomic E-state index is 0.330. The Labute approximate surface area is 244 Å². The van der Waals surface area contributed by atoms with Gasteiger partial charge in [-0.05, 0) is 72.6 Å². The van der Waals surface area contributed by atoms with Crippen LogP contribution in [0, 0.1) is 6.92 Å². The molecule has 0 aromatic heterocycles. The fourth-order valence-electron chi connectivity index (χ4n) is 4.21. The number of esters is 1. The highest BCUT2D eigenvalue weighted by Gasteiger charge is 2.16. The molecule has 1 atom stereocenters. The Morgan fingerprint density at radius 3 is 2.26 bits per heavy atom. The third-order valence-corrected chi connectivity index (χ3v) is 6.54. The summed E-state index contributed by atoms with van der Waals surface area (Å²) < 4.78 is 17.3. The number of aryl methyl sites for hydroxylation is 1. The molecule has 0 bridgehead atoms. The first kappa shape index (κ1) is 28.1. The summed E-state index contributed by atoms with van der Waals surface area (Å²) in [5.41, 5.74) is 5.64. The molecule has 5 aromatic rings. The van der Waals surface area contributed by atoms with E-state index in [1.165, 1.54) is 6.21 Å². The van der Waals surface area contributed by atoms with Crippen LogP contribution in [0.1, 0.15) is 34.0 Å². The minimum atomic E-state index is -0.815. The Morgan fingerprint density at radius 1 is 0.810 bits per heavy atom. The van der Waals surface area contributed by atoms with Gasteiger partial charge < -0.3 is 14.2 Å². The normalized spacial score (nSPS) is 11.7. The van der Waals surface area contributed by atoms with E-state index in [-0.39, 0.29) is 0 Å². The minimum Gasteiger partial charge on any atom is -0.489 e. The van der Waals surface area contributed by atoms with Gasteiger partial charge in [-0.25, -0.2) is 10.2 Å². The summed E-state index contributed by atoms with van der Waals surface area (Å²) in [6, 6.07) is 35.4. The molecule has 42 heavy (non-hydrogen) atoms. The van der Waals surface area contributed by atoms with Crippen LogP contribution in [0.25, 0.3) is 10.8 Å². The van der Waals surface area contributed by atoms with Gasteiger partial charge in [0.25, 0.3) is 5.91 Å². The maximum atomic E-state index is 12.8. The fourth-order valence-corrected chi connectivity index (χ4v) is 4.21. The van der Waals surface area contributed by atoms with Crippen LogP contribution in [0.4, 0.5) is 0 Å². The lowest BCUT2D eigenvalue weighted by molar-refractivity contribution is -0.127. The van der Waals surface area contributed by atoms with E-state index in [1.54, 1.807) is 49.4 Å². The van der Waals surface area contributed by atoms with Gasteiger partial charge in [0.1, 0.15) is 23.9 Å². The molecule has 5 aromatic carbocycles. The highest BCUT2D eigenvalue weighted by molar-refractivity contribution is 6.04. The van der Waals surface area contributed by atoms with Gasteiger partial charge in [0.15, 0.2) is 6.10 Å². The van der Waals surface area contributed by atoms with E-state index in [0.29, 0.717) is 35.0 Å². The van der Waals surface area contributed by atoms with Crippen molar-refractivity contribution >= 4 is 28.9 Å². The first-order chi connectivity index (χ1) is 20.5. The van der Waals surface area contributed by atoms with Crippen molar-refractivity contribution in [1.29, 1.82) is 0 Å². The summed E-state index contributed by atoms with van der Waals surface area (Å²) in [7, 11) is 0. The smallest absolute Gasteiger partial charge is 0.343 e. The molecule has 0 radical (unpaired) electrons. The van der Waals surface area contributed by atoms with Crippen molar-refractivity contribution in [2.75, 3.05) is 0 Å². The average Bonchev–Trinajstić information content (AvgIpc) is 3.02. The molecule has 1 amide bonds. The number of hydrogen-bond donors (Lipinski definition) is 1. The van der Waals surface area contributed by atoms with Crippen molar-refractivity contribution in [3.63, 3.8) is 0 Å². The van der Waals surface area contributed by atoms with Gasteiger partial charge in [-0.2, -0.15) is 5.10 Å². The molecule has 0 saturated heterocycles. The molecule has 0 saturated carbocycles. The molecule has 0 aliphatic heterocycles. The second-order valence-electron chi connectivity index (χ2n) is 9.69. The quantitative estimate of drug-likeness (QED) is 0.0876. The van der Waals surface area contributed by atoms with Gasteiger partial charge in [0.05, 0.1) is 11.8 Å². The van der Waals surface area contributed by atoms with E-state index < -0.39 is 18.0 Å². The average molecular weight is 559 g/mol. The first-order valence-corrected chi connectivity index (χ1v) is 13.5. The predicted octanol–water partition coefficient (Wildman–Crippen LogP) is 6.86. The van der Waals surface area contributed by atoms with Crippen molar-refractivity contribution in [1.82, 2.24) is 5.43 Å². The molecular formula is C35H30N2O5. The van der Waals surface area contributed by atoms with Crippen molar-refractivity contribution in [2.45, 2.75) is 26.6 Å². The molecule has 0 spiro atoms. The number of amides is 1. The number of ether oxygens (including phenoxy) is 3. The second-order valence-corrected chi connectivity index (χ2v) is 9.69. The largest absolute Gasteiger partial charge is 0.489 e. The molecule has 210 valence electrons. The number of carbonyl (C=O) groups is 2. The standard InChI is InChI=1S/C35H30N2O5/c1-24-12-14-28(15-13-24)35(39)42-33-21-16-27-10-6-7-11-31(27)32(33)22-36-37-34(38)25(2)41-30-19-17-29(18-20-30)40-23-26-8-4-3-5-9-26/h3-22,25H,23H2,1-2H3,(H,37,38)/b36-22+. The summed E-state index contributed by atoms with van der Waals surface area (Å²) in [4.78, 5) is 25.6. The third kappa shape index (κ3) is 7.20. The molecule has 0 aliphatic rings. The number of fused-ring (bicyclic) bond motifs is 1. The number of carbonyl (C=O) groups excluding carboxylic acids is 2. The van der Waals surface area contributed by atoms with Crippen LogP contribution in [-0.4, -0.2) is 24.2 Å². The molecule has 1 unspecified atom stereocenters. The maximum absolute atomic E-state index is 12.8. The Hall–Kier alpha value is -5.43. The summed E-state index contributed by atoms with van der Waals surface area (Å²) >= 11 is 0. The van der Waals surface area contributed by atoms with E-state index in [9.17, 15) is 9.59 Å². The third-order valence-electron chi connectivity index (χ3n) is 6.54. The Bertz CT molecular complexity index is 1700. The SMILES string of the molecule is Cc1ccc(C(=O)Oc2ccc3ccccc3c2/C=N/NC(=O)C(C)Oc2ccc(OCc3ccccc3)cc2)cc1. The van der Waals surface area contributed by atoms with Crippen molar-refractivity contribution in [3.05, 3.63) is 138 Å². The van der Waals surface area contributed by atoms with Crippen LogP contribution >= 0.6 is 0 Å². The Kier molecular flexibility index (Phi) is 8.89. The zero-order chi connectivity index (χ0) is 29.3. The monoisotopic (exact) mass is 558 g/mol. The molecule has 1 N–H and O–H groups in total. The van der Waals surface area contributed by atoms with E-state index >= 15 is 0 Å². The van der Waals surface area contributed by atoms with Crippen LogP contribution in [0.2, 0.25) is 0 Å². The van der Waals surface area contributed by atoms with Gasteiger partial charge in [-0.15, -0.1) is 0 Å². The zero-order valence-electron chi connectivity index (χ0n) is 23.3. The van der Waals surface area contributed by atoms with Gasteiger partial charge in [-0.3, -0.25) is 4.79 Å². The maximum Gasteiger partial charge on any atom is 0.343 e. The van der Waals surface area contributed by atoms with Crippen LogP contribution < -0.4 is 19.6 Å². The highest BCUT2D eigenvalue weighted by atomic mass is 16.5. The second kappa shape index (κ2) is 13.3. The lowest BCUT2D eigenvalue weighted by Crippen LogP contribution is -2.33. The molecule has 7 heteroatoms. The van der Waals surface area contributed by atoms with E-state index in [4.69, 9.17) is 14.2 Å². The van der Waals surface area contributed by atoms with Crippen molar-refractivity contribution in [3.8, 4) is 17.2 Å². The lowest BCUT2D eigenvalue weighted by atomic mass is 10.0. The fraction of sp³-hybridized carbons (Fsp3) is 0.114. The van der Waals surface area contributed by atoms with Gasteiger partial charge in [-0.1, -0.05) is 78.4 Å². The number of benzene rings is 5. The Balaban J connectivity index is 1.22. The van der Waals surface area contributed by atoms with Crippen LogP contribution in [0.3, 0.4) is 0 Å². The van der Waals surface area contributed by atoms with E-state index in [0.717, 1.165) is 21.9 Å². The van der Waals surface area contributed by atoms with Crippen LogP contribution in [0.5, 0.6) is 17.2 Å². The summed E-state index contributed by atoms with van der Waals surface area (Å²) in [6.45, 7) is 4.05. The molecule has 0 aliphatic carbocycles. The van der Waals surface area contributed by atoms with Crippen molar-refractivity contribution in [2.24, 2.45) is 5.10 Å². The highest BCUT2D eigenvalue weighted by Crippen LogP contribution is 2.27. The number of hydrogen-bond acceptors (Lipinski definition) is 6. The summed E-state index contributed by atoms with van der Waals surface area (Å²) in [5.74, 6) is 0.627. The topological polar surface area (TPSA) is 86.2 Å². The zero-order valence-corrected chi connectivity index (χ0v) is 23.3. The number of hydrazone groups is 1. The number of nitrogens with zero attached hydrogens (tertiary/aromatic N) is 1. The molecule has 5 rings (SSSR count). The number of nitrogens with one attached hydrogen (secondary N) is 1. The molecule has 0 fully saturated rings. The lowest BCUT2D eigenvalue weighted by Gasteiger charge is -2.14. The van der Waals surface area contributed by atoms with Crippen LogP contribution in [-0.2, 0) is 11.4 Å². The Morgan fingerprint density at radius 2 is 1.50 bits per heavy atom. The van der Waals surface area contributed by atoms with Crippen LogP contribution in [0.15, 0.2) is 120 Å². The summed E-state index contributed by atoms with van der Waals surface area (Å²) in [5, 5.41) is 5.92. The van der Waals surface area contributed by atoms with Gasteiger partial charge >= 0.3 is 5.97 Å². The molecule has 0 heterocycles. The summed E-state index contributed by atoms with van der Waals surface area (Å²) in [6.07, 6.45) is 0.661. The van der Waals surface area contributed by atoms with Gasteiger partial charge in [0.2, 0.25) is 0 Å². The number of rotatable bonds is 10. The molecule has 7 nitrogen and oxygen atoms in total. The predicted molar refractivity (Wildman–Crippen MR) is 163 cm³/mol.